The number of ether oxygens (including phenoxy) is 1. The maximum absolute atomic E-state index is 11.9. The van der Waals surface area contributed by atoms with Crippen molar-refractivity contribution in [3.8, 4) is 0 Å². The largest absolute Gasteiger partial charge is 0.368 e. The quantitative estimate of drug-likeness (QED) is 0.731. The second kappa shape index (κ2) is 7.74. The van der Waals surface area contributed by atoms with E-state index in [-0.39, 0.29) is 24.2 Å². The maximum Gasteiger partial charge on any atom is 0.246 e. The highest BCUT2D eigenvalue weighted by atomic mass is 16.5. The number of hydrogen-bond donors (Lipinski definition) is 2. The molecule has 0 spiro atoms. The molecule has 1 rings (SSSR count). The number of rotatable bonds is 7. The standard InChI is InChI=1S/C14H28N2O2/c1-4-14(5-2,6-3)16-13(17)11-18-12-7-9-15-10-8-12/h12,15H,4-11H2,1-3H3,(H,16,17). The van der Waals surface area contributed by atoms with Crippen molar-refractivity contribution in [2.75, 3.05) is 19.7 Å². The summed E-state index contributed by atoms with van der Waals surface area (Å²) in [4.78, 5) is 11.9. The van der Waals surface area contributed by atoms with Gasteiger partial charge in [-0.2, -0.15) is 0 Å². The van der Waals surface area contributed by atoms with Gasteiger partial charge in [0.2, 0.25) is 5.91 Å². The molecule has 1 amide bonds. The lowest BCUT2D eigenvalue weighted by Gasteiger charge is -2.32. The molecular weight excluding hydrogens is 228 g/mol. The van der Waals surface area contributed by atoms with Gasteiger partial charge in [0, 0.05) is 5.54 Å². The van der Waals surface area contributed by atoms with E-state index < -0.39 is 0 Å². The number of carbonyl (C=O) groups is 1. The van der Waals surface area contributed by atoms with Gasteiger partial charge >= 0.3 is 0 Å². The highest BCUT2D eigenvalue weighted by Gasteiger charge is 2.26. The van der Waals surface area contributed by atoms with Gasteiger partial charge in [-0.15, -0.1) is 0 Å². The zero-order chi connectivity index (χ0) is 13.4. The molecule has 1 heterocycles. The Hall–Kier alpha value is -0.610. The van der Waals surface area contributed by atoms with Crippen LogP contribution in [0.15, 0.2) is 0 Å². The summed E-state index contributed by atoms with van der Waals surface area (Å²) in [5, 5.41) is 6.43. The van der Waals surface area contributed by atoms with Gasteiger partial charge in [-0.05, 0) is 45.2 Å². The first kappa shape index (κ1) is 15.4. The first-order valence-electron chi connectivity index (χ1n) is 7.29. The van der Waals surface area contributed by atoms with Gasteiger partial charge in [0.05, 0.1) is 6.10 Å². The summed E-state index contributed by atoms with van der Waals surface area (Å²) in [6.07, 6.45) is 5.18. The minimum absolute atomic E-state index is 0.0269. The molecule has 0 atom stereocenters. The van der Waals surface area contributed by atoms with Crippen molar-refractivity contribution in [2.45, 2.75) is 64.5 Å². The Morgan fingerprint density at radius 1 is 1.22 bits per heavy atom. The van der Waals surface area contributed by atoms with Crippen molar-refractivity contribution < 1.29 is 9.53 Å². The van der Waals surface area contributed by atoms with Crippen molar-refractivity contribution in [1.82, 2.24) is 10.6 Å². The van der Waals surface area contributed by atoms with Crippen LogP contribution >= 0.6 is 0 Å². The summed E-state index contributed by atoms with van der Waals surface area (Å²) in [6.45, 7) is 8.57. The molecule has 1 aliphatic rings. The van der Waals surface area contributed by atoms with Crippen molar-refractivity contribution in [3.05, 3.63) is 0 Å². The van der Waals surface area contributed by atoms with Gasteiger partial charge in [-0.3, -0.25) is 4.79 Å². The summed E-state index contributed by atoms with van der Waals surface area (Å²) >= 11 is 0. The van der Waals surface area contributed by atoms with Crippen LogP contribution < -0.4 is 10.6 Å². The van der Waals surface area contributed by atoms with Gasteiger partial charge in [0.25, 0.3) is 0 Å². The average Bonchev–Trinajstić information content (AvgIpc) is 2.44. The Bertz CT molecular complexity index is 238. The lowest BCUT2D eigenvalue weighted by atomic mass is 9.90. The predicted molar refractivity (Wildman–Crippen MR) is 73.6 cm³/mol. The molecule has 4 heteroatoms. The van der Waals surface area contributed by atoms with Crippen LogP contribution in [-0.2, 0) is 9.53 Å². The second-order valence-electron chi connectivity index (χ2n) is 5.15. The lowest BCUT2D eigenvalue weighted by Crippen LogP contribution is -2.49. The summed E-state index contributed by atoms with van der Waals surface area (Å²) in [6, 6.07) is 0. The molecule has 1 saturated heterocycles. The van der Waals surface area contributed by atoms with Crippen LogP contribution in [0, 0.1) is 0 Å². The molecule has 0 unspecified atom stereocenters. The molecule has 0 bridgehead atoms. The van der Waals surface area contributed by atoms with Crippen LogP contribution in [0.1, 0.15) is 52.9 Å². The normalized spacial score (nSPS) is 17.7. The first-order valence-corrected chi connectivity index (χ1v) is 7.29. The monoisotopic (exact) mass is 256 g/mol. The fraction of sp³-hybridized carbons (Fsp3) is 0.929. The number of piperidine rings is 1. The van der Waals surface area contributed by atoms with Crippen molar-refractivity contribution >= 4 is 5.91 Å². The third-order valence-corrected chi connectivity index (χ3v) is 4.17. The Morgan fingerprint density at radius 2 is 1.78 bits per heavy atom. The van der Waals surface area contributed by atoms with Crippen LogP contribution in [0.5, 0.6) is 0 Å². The lowest BCUT2D eigenvalue weighted by molar-refractivity contribution is -0.130. The van der Waals surface area contributed by atoms with E-state index in [0.717, 1.165) is 45.2 Å². The molecule has 0 radical (unpaired) electrons. The van der Waals surface area contributed by atoms with Crippen LogP contribution in [0.25, 0.3) is 0 Å². The molecular formula is C14H28N2O2. The van der Waals surface area contributed by atoms with Gasteiger partial charge in [-0.25, -0.2) is 0 Å². The Kier molecular flexibility index (Phi) is 6.65. The van der Waals surface area contributed by atoms with E-state index in [4.69, 9.17) is 4.74 Å². The van der Waals surface area contributed by atoms with E-state index in [2.05, 4.69) is 31.4 Å². The fourth-order valence-corrected chi connectivity index (χ4v) is 2.50. The fourth-order valence-electron chi connectivity index (χ4n) is 2.50. The summed E-state index contributed by atoms with van der Waals surface area (Å²) in [5.41, 5.74) is -0.0471. The Morgan fingerprint density at radius 3 is 2.28 bits per heavy atom. The predicted octanol–water partition coefficient (Wildman–Crippen LogP) is 1.84. The van der Waals surface area contributed by atoms with E-state index >= 15 is 0 Å². The molecule has 2 N–H and O–H groups in total. The SMILES string of the molecule is CCC(CC)(CC)NC(=O)COC1CCNCC1. The minimum Gasteiger partial charge on any atom is -0.368 e. The Balaban J connectivity index is 2.31. The summed E-state index contributed by atoms with van der Waals surface area (Å²) < 4.78 is 5.67. The average molecular weight is 256 g/mol. The molecule has 1 aliphatic heterocycles. The molecule has 0 aromatic rings. The highest BCUT2D eigenvalue weighted by molar-refractivity contribution is 5.78. The molecule has 106 valence electrons. The smallest absolute Gasteiger partial charge is 0.246 e. The van der Waals surface area contributed by atoms with Crippen molar-refractivity contribution in [3.63, 3.8) is 0 Å². The van der Waals surface area contributed by atoms with Crippen LogP contribution in [-0.4, -0.2) is 37.2 Å². The highest BCUT2D eigenvalue weighted by Crippen LogP contribution is 2.19. The molecule has 0 aromatic carbocycles. The molecule has 4 nitrogen and oxygen atoms in total. The third kappa shape index (κ3) is 4.58. The van der Waals surface area contributed by atoms with Gasteiger partial charge in [-0.1, -0.05) is 20.8 Å². The third-order valence-electron chi connectivity index (χ3n) is 4.17. The number of amides is 1. The van der Waals surface area contributed by atoms with E-state index in [1.54, 1.807) is 0 Å². The van der Waals surface area contributed by atoms with E-state index in [1.807, 2.05) is 0 Å². The molecule has 1 fully saturated rings. The van der Waals surface area contributed by atoms with Crippen LogP contribution in [0.3, 0.4) is 0 Å². The van der Waals surface area contributed by atoms with Gasteiger partial charge < -0.3 is 15.4 Å². The summed E-state index contributed by atoms with van der Waals surface area (Å²) in [5.74, 6) is 0.0269. The van der Waals surface area contributed by atoms with Crippen LogP contribution in [0.2, 0.25) is 0 Å². The second-order valence-corrected chi connectivity index (χ2v) is 5.15. The topological polar surface area (TPSA) is 50.4 Å². The molecule has 0 saturated carbocycles. The van der Waals surface area contributed by atoms with Crippen LogP contribution in [0.4, 0.5) is 0 Å². The van der Waals surface area contributed by atoms with E-state index in [0.29, 0.717) is 0 Å². The zero-order valence-electron chi connectivity index (χ0n) is 12.1. The molecule has 0 aromatic heterocycles. The number of hydrogen-bond acceptors (Lipinski definition) is 3. The summed E-state index contributed by atoms with van der Waals surface area (Å²) in [7, 11) is 0. The van der Waals surface area contributed by atoms with Gasteiger partial charge in [0.1, 0.15) is 6.61 Å². The van der Waals surface area contributed by atoms with E-state index in [1.165, 1.54) is 0 Å². The maximum atomic E-state index is 11.9. The first-order chi connectivity index (χ1) is 8.65. The zero-order valence-corrected chi connectivity index (χ0v) is 12.1. The van der Waals surface area contributed by atoms with E-state index in [9.17, 15) is 4.79 Å². The number of nitrogens with one attached hydrogen (secondary N) is 2. The van der Waals surface area contributed by atoms with Crippen molar-refractivity contribution in [2.24, 2.45) is 0 Å². The van der Waals surface area contributed by atoms with Crippen molar-refractivity contribution in [1.29, 1.82) is 0 Å². The Labute approximate surface area is 111 Å². The molecule has 18 heavy (non-hydrogen) atoms. The minimum atomic E-state index is -0.0471. The molecule has 0 aliphatic carbocycles. The number of carbonyl (C=O) groups excluding carboxylic acids is 1. The van der Waals surface area contributed by atoms with Gasteiger partial charge in [0.15, 0.2) is 0 Å².